The van der Waals surface area contributed by atoms with Crippen molar-refractivity contribution in [2.45, 2.75) is 6.92 Å². The summed E-state index contributed by atoms with van der Waals surface area (Å²) in [6.07, 6.45) is 3.18. The number of ether oxygens (including phenoxy) is 1. The van der Waals surface area contributed by atoms with Gasteiger partial charge in [-0.05, 0) is 42.8 Å². The number of ketones is 1. The van der Waals surface area contributed by atoms with E-state index in [-0.39, 0.29) is 5.78 Å². The van der Waals surface area contributed by atoms with E-state index in [0.29, 0.717) is 5.56 Å². The van der Waals surface area contributed by atoms with Crippen molar-refractivity contribution in [1.82, 2.24) is 0 Å². The topological polar surface area (TPSA) is 38.3 Å². The van der Waals surface area contributed by atoms with Gasteiger partial charge in [-0.3, -0.25) is 4.79 Å². The molecule has 0 heterocycles. The minimum absolute atomic E-state index is 0.0475. The monoisotopic (exact) mass is 267 g/mol. The molecule has 0 radical (unpaired) electrons. The highest BCUT2D eigenvalue weighted by Gasteiger charge is 2.01. The Morgan fingerprint density at radius 3 is 2.45 bits per heavy atom. The molecule has 0 aliphatic heterocycles. The number of anilines is 1. The highest BCUT2D eigenvalue weighted by atomic mass is 16.5. The van der Waals surface area contributed by atoms with Gasteiger partial charge in [-0.1, -0.05) is 18.2 Å². The number of nitrogens with one attached hydrogen (secondary N) is 1. The average Bonchev–Trinajstić information content (AvgIpc) is 2.49. The van der Waals surface area contributed by atoms with Crippen molar-refractivity contribution in [3.8, 4) is 5.75 Å². The van der Waals surface area contributed by atoms with Crippen LogP contribution in [0.4, 0.5) is 5.69 Å². The Morgan fingerprint density at radius 2 is 1.80 bits per heavy atom. The maximum atomic E-state index is 12.0. The molecular formula is C17H17NO2. The van der Waals surface area contributed by atoms with Crippen LogP contribution in [-0.4, -0.2) is 12.9 Å². The first-order valence-corrected chi connectivity index (χ1v) is 6.38. The molecule has 3 heteroatoms. The predicted molar refractivity (Wildman–Crippen MR) is 81.3 cm³/mol. The van der Waals surface area contributed by atoms with Crippen molar-refractivity contribution in [2.24, 2.45) is 0 Å². The van der Waals surface area contributed by atoms with Crippen LogP contribution in [0, 0.1) is 6.92 Å². The molecule has 0 spiro atoms. The maximum Gasteiger partial charge on any atom is 0.187 e. The fourth-order valence-electron chi connectivity index (χ4n) is 1.79. The third kappa shape index (κ3) is 3.48. The molecule has 0 saturated carbocycles. The van der Waals surface area contributed by atoms with Gasteiger partial charge in [-0.15, -0.1) is 0 Å². The summed E-state index contributed by atoms with van der Waals surface area (Å²) in [7, 11) is 1.60. The first kappa shape index (κ1) is 13.9. The zero-order valence-corrected chi connectivity index (χ0v) is 11.6. The van der Waals surface area contributed by atoms with Crippen LogP contribution in [0.2, 0.25) is 0 Å². The van der Waals surface area contributed by atoms with Crippen molar-refractivity contribution in [3.63, 3.8) is 0 Å². The van der Waals surface area contributed by atoms with Crippen LogP contribution in [-0.2, 0) is 0 Å². The minimum atomic E-state index is -0.0475. The highest BCUT2D eigenvalue weighted by Crippen LogP contribution is 2.14. The Balaban J connectivity index is 2.00. The van der Waals surface area contributed by atoms with Gasteiger partial charge in [-0.25, -0.2) is 0 Å². The quantitative estimate of drug-likeness (QED) is 0.661. The van der Waals surface area contributed by atoms with Crippen LogP contribution in [0.25, 0.3) is 0 Å². The van der Waals surface area contributed by atoms with Crippen LogP contribution in [0.15, 0.2) is 60.8 Å². The Morgan fingerprint density at radius 1 is 1.10 bits per heavy atom. The van der Waals surface area contributed by atoms with E-state index in [4.69, 9.17) is 4.74 Å². The normalized spacial score (nSPS) is 10.5. The van der Waals surface area contributed by atoms with Gasteiger partial charge in [0.2, 0.25) is 0 Å². The largest absolute Gasteiger partial charge is 0.497 e. The average molecular weight is 267 g/mol. The number of rotatable bonds is 5. The lowest BCUT2D eigenvalue weighted by molar-refractivity contribution is 0.104. The number of para-hydroxylation sites is 1. The number of hydrogen-bond donors (Lipinski definition) is 1. The zero-order valence-electron chi connectivity index (χ0n) is 11.6. The van der Waals surface area contributed by atoms with Gasteiger partial charge in [0.1, 0.15) is 5.75 Å². The number of aryl methyl sites for hydroxylation is 1. The predicted octanol–water partition coefficient (Wildman–Crippen LogP) is 3.81. The van der Waals surface area contributed by atoms with Crippen LogP contribution < -0.4 is 10.1 Å². The number of hydrogen-bond acceptors (Lipinski definition) is 3. The van der Waals surface area contributed by atoms with E-state index in [1.807, 2.05) is 31.2 Å². The fourth-order valence-corrected chi connectivity index (χ4v) is 1.79. The van der Waals surface area contributed by atoms with E-state index in [1.165, 1.54) is 6.08 Å². The standard InChI is InChI=1S/C17H17NO2/c1-13-5-3-4-6-16(13)18-12-11-17(19)14-7-9-15(20-2)10-8-14/h3-12,18H,1-2H3/b12-11+. The molecule has 102 valence electrons. The molecule has 0 aliphatic rings. The summed E-state index contributed by atoms with van der Waals surface area (Å²) in [5.41, 5.74) is 2.76. The van der Waals surface area contributed by atoms with Crippen molar-refractivity contribution < 1.29 is 9.53 Å². The number of allylic oxidation sites excluding steroid dienone is 1. The summed E-state index contributed by atoms with van der Waals surface area (Å²) in [6, 6.07) is 15.0. The van der Waals surface area contributed by atoms with Crippen LogP contribution in [0.3, 0.4) is 0 Å². The summed E-state index contributed by atoms with van der Waals surface area (Å²) in [4.78, 5) is 12.0. The zero-order chi connectivity index (χ0) is 14.4. The second-order valence-corrected chi connectivity index (χ2v) is 4.39. The molecule has 0 aliphatic carbocycles. The van der Waals surface area contributed by atoms with Gasteiger partial charge in [0.25, 0.3) is 0 Å². The first-order valence-electron chi connectivity index (χ1n) is 6.38. The van der Waals surface area contributed by atoms with Gasteiger partial charge in [0.15, 0.2) is 5.78 Å². The molecule has 0 aromatic heterocycles. The van der Waals surface area contributed by atoms with Gasteiger partial charge < -0.3 is 10.1 Å². The molecule has 2 rings (SSSR count). The van der Waals surface area contributed by atoms with Gasteiger partial charge in [0, 0.05) is 23.5 Å². The van der Waals surface area contributed by atoms with E-state index >= 15 is 0 Å². The van der Waals surface area contributed by atoms with Gasteiger partial charge >= 0.3 is 0 Å². The SMILES string of the molecule is COc1ccc(C(=O)/C=C/Nc2ccccc2C)cc1. The Kier molecular flexibility index (Phi) is 4.56. The van der Waals surface area contributed by atoms with Crippen molar-refractivity contribution >= 4 is 11.5 Å². The molecule has 0 bridgehead atoms. The fraction of sp³-hybridized carbons (Fsp3) is 0.118. The molecule has 1 N–H and O–H groups in total. The molecule has 0 saturated heterocycles. The van der Waals surface area contributed by atoms with E-state index in [1.54, 1.807) is 37.6 Å². The lowest BCUT2D eigenvalue weighted by Crippen LogP contribution is -1.97. The molecule has 0 fully saturated rings. The third-order valence-electron chi connectivity index (χ3n) is 2.99. The maximum absolute atomic E-state index is 12.0. The van der Waals surface area contributed by atoms with Crippen molar-refractivity contribution in [2.75, 3.05) is 12.4 Å². The highest BCUT2D eigenvalue weighted by molar-refractivity contribution is 6.04. The van der Waals surface area contributed by atoms with Gasteiger partial charge in [-0.2, -0.15) is 0 Å². The molecule has 2 aromatic rings. The number of benzene rings is 2. The second-order valence-electron chi connectivity index (χ2n) is 4.39. The lowest BCUT2D eigenvalue weighted by atomic mass is 10.1. The van der Waals surface area contributed by atoms with Gasteiger partial charge in [0.05, 0.1) is 7.11 Å². The number of methoxy groups -OCH3 is 1. The van der Waals surface area contributed by atoms with Crippen LogP contribution in [0.5, 0.6) is 5.75 Å². The Hall–Kier alpha value is -2.55. The van der Waals surface area contributed by atoms with E-state index in [2.05, 4.69) is 5.32 Å². The van der Waals surface area contributed by atoms with E-state index in [0.717, 1.165) is 17.0 Å². The van der Waals surface area contributed by atoms with Crippen molar-refractivity contribution in [1.29, 1.82) is 0 Å². The Labute approximate surface area is 118 Å². The first-order chi connectivity index (χ1) is 9.70. The third-order valence-corrected chi connectivity index (χ3v) is 2.99. The molecule has 0 amide bonds. The minimum Gasteiger partial charge on any atom is -0.497 e. The van der Waals surface area contributed by atoms with E-state index < -0.39 is 0 Å². The molecular weight excluding hydrogens is 250 g/mol. The molecule has 20 heavy (non-hydrogen) atoms. The summed E-state index contributed by atoms with van der Waals surface area (Å²) < 4.78 is 5.06. The number of carbonyl (C=O) groups excluding carboxylic acids is 1. The summed E-state index contributed by atoms with van der Waals surface area (Å²) in [5.74, 6) is 0.692. The van der Waals surface area contributed by atoms with Crippen LogP contribution >= 0.6 is 0 Å². The lowest BCUT2D eigenvalue weighted by Gasteiger charge is -2.04. The summed E-state index contributed by atoms with van der Waals surface area (Å²) in [6.45, 7) is 2.02. The molecule has 0 atom stereocenters. The molecule has 2 aromatic carbocycles. The van der Waals surface area contributed by atoms with Crippen molar-refractivity contribution in [3.05, 3.63) is 71.9 Å². The smallest absolute Gasteiger partial charge is 0.187 e. The van der Waals surface area contributed by atoms with Crippen LogP contribution in [0.1, 0.15) is 15.9 Å². The second kappa shape index (κ2) is 6.57. The number of carbonyl (C=O) groups is 1. The molecule has 3 nitrogen and oxygen atoms in total. The van der Waals surface area contributed by atoms with E-state index in [9.17, 15) is 4.79 Å². The summed E-state index contributed by atoms with van der Waals surface area (Å²) >= 11 is 0. The molecule has 0 unspecified atom stereocenters. The summed E-state index contributed by atoms with van der Waals surface area (Å²) in [5, 5.41) is 3.11. The Bertz CT molecular complexity index is 615.